The molecule has 2 aromatic heterocycles. The Bertz CT molecular complexity index is 1430. The minimum Gasteiger partial charge on any atom is -0.361 e. The first kappa shape index (κ1) is 22.1. The van der Waals surface area contributed by atoms with E-state index in [1.165, 1.54) is 5.56 Å². The van der Waals surface area contributed by atoms with Crippen molar-refractivity contribution in [1.82, 2.24) is 20.6 Å². The van der Waals surface area contributed by atoms with Gasteiger partial charge >= 0.3 is 0 Å². The molecular formula is C25H22Br2N4O2. The second-order valence-electron chi connectivity index (χ2n) is 8.07. The molecule has 0 aliphatic carbocycles. The van der Waals surface area contributed by atoms with Crippen LogP contribution in [0.5, 0.6) is 0 Å². The minimum absolute atomic E-state index is 0.248. The minimum atomic E-state index is -0.380. The summed E-state index contributed by atoms with van der Waals surface area (Å²) in [5, 5.41) is 7.68. The molecule has 1 aliphatic rings. The normalized spacial score (nSPS) is 15.1. The number of rotatable bonds is 7. The number of carbonyl (C=O) groups is 2. The van der Waals surface area contributed by atoms with Crippen molar-refractivity contribution in [1.29, 1.82) is 0 Å². The molecule has 168 valence electrons. The number of aromatic amines is 2. The molecule has 0 saturated heterocycles. The third-order valence-corrected chi connectivity index (χ3v) is 7.25. The molecular weight excluding hydrogens is 548 g/mol. The first-order valence-corrected chi connectivity index (χ1v) is 12.5. The fourth-order valence-electron chi connectivity index (χ4n) is 4.42. The molecule has 4 aromatic rings. The van der Waals surface area contributed by atoms with Gasteiger partial charge in [0.1, 0.15) is 0 Å². The SMILES string of the molecule is CCNC(Br)CCc1ccc2[nH]cc(C3=C(c4c[nH]c5ccc(Br)cc45)C(=O)NC3=O)c2c1. The fraction of sp³-hybridized carbons (Fsp3) is 0.200. The number of nitrogens with one attached hydrogen (secondary N) is 4. The molecule has 1 aliphatic heterocycles. The Labute approximate surface area is 207 Å². The number of alkyl halides is 1. The molecule has 1 atom stereocenters. The average molecular weight is 570 g/mol. The predicted octanol–water partition coefficient (Wildman–Crippen LogP) is 5.24. The summed E-state index contributed by atoms with van der Waals surface area (Å²) >= 11 is 7.16. The van der Waals surface area contributed by atoms with Gasteiger partial charge in [-0.25, -0.2) is 0 Å². The largest absolute Gasteiger partial charge is 0.361 e. The van der Waals surface area contributed by atoms with Crippen LogP contribution in [0.1, 0.15) is 30.0 Å². The van der Waals surface area contributed by atoms with Gasteiger partial charge in [-0.05, 0) is 55.3 Å². The zero-order valence-electron chi connectivity index (χ0n) is 17.9. The van der Waals surface area contributed by atoms with Crippen LogP contribution in [0.3, 0.4) is 0 Å². The highest BCUT2D eigenvalue weighted by Crippen LogP contribution is 2.38. The van der Waals surface area contributed by atoms with Crippen LogP contribution < -0.4 is 10.6 Å². The lowest BCUT2D eigenvalue weighted by atomic mass is 9.95. The number of carbonyl (C=O) groups excluding carboxylic acids is 2. The van der Waals surface area contributed by atoms with Crippen molar-refractivity contribution in [3.63, 3.8) is 0 Å². The summed E-state index contributed by atoms with van der Waals surface area (Å²) in [6, 6.07) is 12.1. The molecule has 0 radical (unpaired) electrons. The number of imide groups is 1. The van der Waals surface area contributed by atoms with Gasteiger partial charge in [-0.2, -0.15) is 0 Å². The number of aromatic nitrogens is 2. The van der Waals surface area contributed by atoms with E-state index in [9.17, 15) is 9.59 Å². The Morgan fingerprint density at radius 1 is 0.909 bits per heavy atom. The average Bonchev–Trinajstić information content (AvgIpc) is 3.46. The van der Waals surface area contributed by atoms with E-state index in [1.54, 1.807) is 6.20 Å². The van der Waals surface area contributed by atoms with Crippen molar-refractivity contribution in [3.05, 3.63) is 70.0 Å². The lowest BCUT2D eigenvalue weighted by Crippen LogP contribution is -2.23. The van der Waals surface area contributed by atoms with Gasteiger partial charge in [-0.1, -0.05) is 44.8 Å². The summed E-state index contributed by atoms with van der Waals surface area (Å²) in [5.41, 5.74) is 5.24. The van der Waals surface area contributed by atoms with E-state index in [1.807, 2.05) is 30.5 Å². The number of hydrogen-bond donors (Lipinski definition) is 4. The van der Waals surface area contributed by atoms with Crippen LogP contribution in [0.2, 0.25) is 0 Å². The lowest BCUT2D eigenvalue weighted by Gasteiger charge is -2.10. The Hall–Kier alpha value is -2.68. The van der Waals surface area contributed by atoms with Crippen LogP contribution in [-0.2, 0) is 16.0 Å². The lowest BCUT2D eigenvalue weighted by molar-refractivity contribution is -0.122. The van der Waals surface area contributed by atoms with Crippen LogP contribution in [0.15, 0.2) is 53.3 Å². The van der Waals surface area contributed by atoms with Gasteiger partial charge in [0.2, 0.25) is 0 Å². The highest BCUT2D eigenvalue weighted by atomic mass is 79.9. The summed E-state index contributed by atoms with van der Waals surface area (Å²) in [6.45, 7) is 2.99. The van der Waals surface area contributed by atoms with Crippen LogP contribution in [0.25, 0.3) is 33.0 Å². The van der Waals surface area contributed by atoms with E-state index >= 15 is 0 Å². The number of H-pyrrole nitrogens is 2. The number of hydrogen-bond acceptors (Lipinski definition) is 3. The zero-order chi connectivity index (χ0) is 23.1. The molecule has 5 rings (SSSR count). The molecule has 0 fully saturated rings. The molecule has 0 saturated carbocycles. The first-order chi connectivity index (χ1) is 16.0. The van der Waals surface area contributed by atoms with Gasteiger partial charge in [0, 0.05) is 49.8 Å². The second kappa shape index (κ2) is 8.93. The van der Waals surface area contributed by atoms with E-state index in [0.717, 1.165) is 51.2 Å². The molecule has 2 aromatic carbocycles. The topological polar surface area (TPSA) is 89.8 Å². The molecule has 1 unspecified atom stereocenters. The number of benzene rings is 2. The van der Waals surface area contributed by atoms with Gasteiger partial charge in [-0.15, -0.1) is 0 Å². The standard InChI is InChI=1S/C25H22Br2N4O2/c1-2-28-21(27)8-4-13-3-6-19-15(9-13)17(11-29-19)22-23(25(33)31-24(22)32)18-12-30-20-7-5-14(26)10-16(18)20/h3,5-7,9-12,21,28-30H,2,4,8H2,1H3,(H,31,32,33). The first-order valence-electron chi connectivity index (χ1n) is 10.8. The third-order valence-electron chi connectivity index (χ3n) is 5.97. The maximum atomic E-state index is 13.0. The van der Waals surface area contributed by atoms with Gasteiger partial charge in [0.15, 0.2) is 0 Å². The van der Waals surface area contributed by atoms with Crippen LogP contribution >= 0.6 is 31.9 Å². The molecule has 0 spiro atoms. The predicted molar refractivity (Wildman–Crippen MR) is 139 cm³/mol. The van der Waals surface area contributed by atoms with Crippen LogP contribution in [-0.4, -0.2) is 33.3 Å². The number of halogens is 2. The van der Waals surface area contributed by atoms with E-state index in [0.29, 0.717) is 16.7 Å². The smallest absolute Gasteiger partial charge is 0.259 e. The summed E-state index contributed by atoms with van der Waals surface area (Å²) in [4.78, 5) is 32.6. The fourth-order valence-corrected chi connectivity index (χ4v) is 5.33. The molecule has 3 heterocycles. The van der Waals surface area contributed by atoms with Crippen LogP contribution in [0, 0.1) is 0 Å². The third kappa shape index (κ3) is 4.07. The number of aryl methyl sites for hydroxylation is 1. The van der Waals surface area contributed by atoms with E-state index in [2.05, 4.69) is 71.5 Å². The Kier molecular flexibility index (Phi) is 5.99. The Morgan fingerprint density at radius 2 is 1.52 bits per heavy atom. The zero-order valence-corrected chi connectivity index (χ0v) is 21.1. The number of amides is 2. The molecule has 0 bridgehead atoms. The van der Waals surface area contributed by atoms with Crippen molar-refractivity contribution in [2.24, 2.45) is 0 Å². The molecule has 4 N–H and O–H groups in total. The highest BCUT2D eigenvalue weighted by molar-refractivity contribution is 9.10. The molecule has 8 heteroatoms. The van der Waals surface area contributed by atoms with Crippen molar-refractivity contribution in [2.75, 3.05) is 6.54 Å². The highest BCUT2D eigenvalue weighted by Gasteiger charge is 2.34. The maximum Gasteiger partial charge on any atom is 0.259 e. The van der Waals surface area contributed by atoms with Gasteiger partial charge in [0.25, 0.3) is 11.8 Å². The van der Waals surface area contributed by atoms with Crippen molar-refractivity contribution >= 4 is 76.6 Å². The summed E-state index contributed by atoms with van der Waals surface area (Å²) in [6.07, 6.45) is 5.44. The van der Waals surface area contributed by atoms with Crippen molar-refractivity contribution in [2.45, 2.75) is 24.7 Å². The summed E-state index contributed by atoms with van der Waals surface area (Å²) in [5.74, 6) is -0.757. The van der Waals surface area contributed by atoms with E-state index in [-0.39, 0.29) is 16.8 Å². The second-order valence-corrected chi connectivity index (χ2v) is 10.1. The van der Waals surface area contributed by atoms with Crippen LogP contribution in [0.4, 0.5) is 0 Å². The van der Waals surface area contributed by atoms with E-state index < -0.39 is 0 Å². The van der Waals surface area contributed by atoms with Crippen molar-refractivity contribution < 1.29 is 9.59 Å². The van der Waals surface area contributed by atoms with Crippen molar-refractivity contribution in [3.8, 4) is 0 Å². The quantitative estimate of drug-likeness (QED) is 0.139. The maximum absolute atomic E-state index is 13.0. The molecule has 2 amide bonds. The van der Waals surface area contributed by atoms with Gasteiger partial charge in [-0.3, -0.25) is 14.9 Å². The summed E-state index contributed by atoms with van der Waals surface area (Å²) in [7, 11) is 0. The Balaban J connectivity index is 1.62. The monoisotopic (exact) mass is 568 g/mol. The Morgan fingerprint density at radius 3 is 2.15 bits per heavy atom. The van der Waals surface area contributed by atoms with E-state index in [4.69, 9.17) is 0 Å². The summed E-state index contributed by atoms with van der Waals surface area (Å²) < 4.78 is 0.905. The van der Waals surface area contributed by atoms with Gasteiger partial charge in [0.05, 0.1) is 16.1 Å². The molecule has 33 heavy (non-hydrogen) atoms. The number of fused-ring (bicyclic) bond motifs is 2. The van der Waals surface area contributed by atoms with Gasteiger partial charge < -0.3 is 15.3 Å². The molecule has 6 nitrogen and oxygen atoms in total.